The van der Waals surface area contributed by atoms with Gasteiger partial charge in [-0.25, -0.2) is 9.78 Å². The largest absolute Gasteiger partial charge is 0.479 e. The molecule has 2 saturated carbocycles. The van der Waals surface area contributed by atoms with Crippen molar-refractivity contribution < 1.29 is 24.3 Å². The van der Waals surface area contributed by atoms with Crippen LogP contribution in [0.3, 0.4) is 0 Å². The molecule has 4 aliphatic rings. The lowest BCUT2D eigenvalue weighted by Gasteiger charge is -2.55. The lowest BCUT2D eigenvalue weighted by molar-refractivity contribution is -0.143. The van der Waals surface area contributed by atoms with Crippen molar-refractivity contribution in [2.75, 3.05) is 13.2 Å². The molecule has 10 nitrogen and oxygen atoms in total. The zero-order valence-corrected chi connectivity index (χ0v) is 25.2. The Morgan fingerprint density at radius 2 is 1.63 bits per heavy atom. The van der Waals surface area contributed by atoms with Gasteiger partial charge in [-0.15, -0.1) is 0 Å². The standard InChI is InChI=1S/C33H44N4O6/c1-2-42-31(40)14-13-28(35-43-20-30(38)39)32-33(41)37(29-12-4-3-11-27(29)34-32)26-18-23-9-6-10-24(19-26)36(23)25-16-21-7-5-8-22(15-21)17-25/h3-4,11-12,21-26H,2,5-10,13-20H2,1H3,(H,38,39)/b35-28+/t21?,22?,23-,24+,25?,26?. The van der Waals surface area contributed by atoms with Gasteiger partial charge in [0.05, 0.1) is 24.1 Å². The van der Waals surface area contributed by atoms with Crippen molar-refractivity contribution in [3.05, 3.63) is 40.3 Å². The van der Waals surface area contributed by atoms with E-state index >= 15 is 0 Å². The molecule has 3 heterocycles. The first-order valence-electron chi connectivity index (χ1n) is 16.3. The van der Waals surface area contributed by atoms with E-state index in [2.05, 4.69) is 10.1 Å². The van der Waals surface area contributed by atoms with Gasteiger partial charge < -0.3 is 19.2 Å². The minimum atomic E-state index is -1.18. The molecule has 6 rings (SSSR count). The molecule has 2 aliphatic carbocycles. The number of carbonyl (C=O) groups excluding carboxylic acids is 1. The Hall–Kier alpha value is -3.27. The third kappa shape index (κ3) is 6.49. The van der Waals surface area contributed by atoms with E-state index in [1.54, 1.807) is 6.92 Å². The fraction of sp³-hybridized carbons (Fsp3) is 0.667. The Kier molecular flexibility index (Phi) is 9.12. The second-order valence-electron chi connectivity index (χ2n) is 13.0. The Labute approximate surface area is 252 Å². The molecule has 2 aromatic rings. The Morgan fingerprint density at radius 1 is 0.930 bits per heavy atom. The van der Waals surface area contributed by atoms with Gasteiger partial charge in [-0.1, -0.05) is 43.0 Å². The highest BCUT2D eigenvalue weighted by Crippen LogP contribution is 2.47. The van der Waals surface area contributed by atoms with E-state index in [9.17, 15) is 14.4 Å². The van der Waals surface area contributed by atoms with Gasteiger partial charge in [-0.3, -0.25) is 14.5 Å². The van der Waals surface area contributed by atoms with Crippen LogP contribution < -0.4 is 5.56 Å². The van der Waals surface area contributed by atoms with E-state index in [1.165, 1.54) is 57.8 Å². The monoisotopic (exact) mass is 592 g/mol. The minimum absolute atomic E-state index is 0.0139. The van der Waals surface area contributed by atoms with Crippen LogP contribution in [0, 0.1) is 11.8 Å². The number of hydrogen-bond donors (Lipinski definition) is 1. The normalized spacial score (nSPS) is 29.3. The molecule has 43 heavy (non-hydrogen) atoms. The summed E-state index contributed by atoms with van der Waals surface area (Å²) in [4.78, 5) is 50.3. The quantitative estimate of drug-likeness (QED) is 0.230. The number of hydrogen-bond acceptors (Lipinski definition) is 8. The number of nitrogens with zero attached hydrogens (tertiary/aromatic N) is 4. The fourth-order valence-electron chi connectivity index (χ4n) is 8.67. The zero-order chi connectivity index (χ0) is 29.9. The van der Waals surface area contributed by atoms with E-state index in [4.69, 9.17) is 19.7 Å². The third-order valence-corrected chi connectivity index (χ3v) is 10.2. The first-order valence-corrected chi connectivity index (χ1v) is 16.3. The van der Waals surface area contributed by atoms with Crippen LogP contribution >= 0.6 is 0 Å². The molecule has 232 valence electrons. The summed E-state index contributed by atoms with van der Waals surface area (Å²) in [6.45, 7) is 1.31. The van der Waals surface area contributed by atoms with Crippen LogP contribution in [0.25, 0.3) is 11.0 Å². The summed E-state index contributed by atoms with van der Waals surface area (Å²) >= 11 is 0. The number of carboxylic acid groups (broad SMARTS) is 1. The van der Waals surface area contributed by atoms with E-state index in [0.29, 0.717) is 23.6 Å². The summed E-state index contributed by atoms with van der Waals surface area (Å²) in [6.07, 6.45) is 13.7. The van der Waals surface area contributed by atoms with Crippen molar-refractivity contribution in [2.24, 2.45) is 17.0 Å². The molecule has 2 saturated heterocycles. The molecule has 4 fully saturated rings. The number of oxime groups is 1. The average Bonchev–Trinajstić information content (AvgIpc) is 2.98. The van der Waals surface area contributed by atoms with Gasteiger partial charge in [0.15, 0.2) is 5.69 Å². The molecule has 0 radical (unpaired) electrons. The summed E-state index contributed by atoms with van der Waals surface area (Å²) in [6, 6.07) is 9.25. The zero-order valence-electron chi connectivity index (χ0n) is 25.2. The Balaban J connectivity index is 1.33. The van der Waals surface area contributed by atoms with Crippen LogP contribution in [0.4, 0.5) is 0 Å². The highest BCUT2D eigenvalue weighted by molar-refractivity contribution is 6.00. The van der Waals surface area contributed by atoms with E-state index < -0.39 is 18.5 Å². The molecular formula is C33H44N4O6. The summed E-state index contributed by atoms with van der Waals surface area (Å²) in [5, 5.41) is 13.1. The predicted molar refractivity (Wildman–Crippen MR) is 162 cm³/mol. The third-order valence-electron chi connectivity index (χ3n) is 10.2. The molecule has 3 unspecified atom stereocenters. The van der Waals surface area contributed by atoms with Crippen molar-refractivity contribution in [3.8, 4) is 0 Å². The van der Waals surface area contributed by atoms with Gasteiger partial charge in [0.25, 0.3) is 5.56 Å². The smallest absolute Gasteiger partial charge is 0.344 e. The molecule has 10 heteroatoms. The van der Waals surface area contributed by atoms with Gasteiger partial charge in [-0.05, 0) is 75.8 Å². The average molecular weight is 593 g/mol. The molecule has 2 aliphatic heterocycles. The molecule has 1 N–H and O–H groups in total. The summed E-state index contributed by atoms with van der Waals surface area (Å²) < 4.78 is 6.99. The number of benzene rings is 1. The number of ether oxygens (including phenoxy) is 1. The van der Waals surface area contributed by atoms with E-state index in [0.717, 1.165) is 30.2 Å². The molecule has 0 spiro atoms. The molecule has 4 bridgehead atoms. The van der Waals surface area contributed by atoms with Crippen molar-refractivity contribution in [1.29, 1.82) is 0 Å². The maximum atomic E-state index is 14.3. The first-order chi connectivity index (χ1) is 20.9. The predicted octanol–water partition coefficient (Wildman–Crippen LogP) is 5.07. The number of aromatic nitrogens is 2. The number of aliphatic carboxylic acids is 1. The number of piperidine rings is 2. The molecule has 1 aromatic carbocycles. The summed E-state index contributed by atoms with van der Waals surface area (Å²) in [5.41, 5.74) is 1.43. The number of rotatable bonds is 10. The van der Waals surface area contributed by atoms with Gasteiger partial charge in [0, 0.05) is 30.6 Å². The van der Waals surface area contributed by atoms with Crippen molar-refractivity contribution in [1.82, 2.24) is 14.5 Å². The molecule has 1 aromatic heterocycles. The SMILES string of the molecule is CCOC(=O)CC/C(=N\OCC(=O)O)c1nc2ccccc2n(C2C[C@H]3CCC[C@@H](C2)N3C2CC3CCCC(C3)C2)c1=O. The number of carboxylic acids is 1. The second-order valence-corrected chi connectivity index (χ2v) is 13.0. The highest BCUT2D eigenvalue weighted by Gasteiger charge is 2.45. The fourth-order valence-corrected chi connectivity index (χ4v) is 8.67. The maximum Gasteiger partial charge on any atom is 0.344 e. The van der Waals surface area contributed by atoms with Crippen LogP contribution in [-0.4, -0.2) is 68.5 Å². The van der Waals surface area contributed by atoms with Crippen molar-refractivity contribution in [3.63, 3.8) is 0 Å². The van der Waals surface area contributed by atoms with Crippen LogP contribution in [0.1, 0.15) is 102 Å². The van der Waals surface area contributed by atoms with E-state index in [1.807, 2.05) is 28.8 Å². The Bertz CT molecular complexity index is 1400. The highest BCUT2D eigenvalue weighted by atomic mass is 16.6. The number of fused-ring (bicyclic) bond motifs is 5. The minimum Gasteiger partial charge on any atom is -0.479 e. The van der Waals surface area contributed by atoms with Crippen molar-refractivity contribution in [2.45, 2.75) is 115 Å². The molecule has 5 atom stereocenters. The van der Waals surface area contributed by atoms with Gasteiger partial charge in [0.1, 0.15) is 5.71 Å². The number of para-hydroxylation sites is 2. The first kappa shape index (κ1) is 29.8. The van der Waals surface area contributed by atoms with Crippen LogP contribution in [0.5, 0.6) is 0 Å². The van der Waals surface area contributed by atoms with Crippen LogP contribution in [-0.2, 0) is 19.2 Å². The number of carbonyl (C=O) groups is 2. The van der Waals surface area contributed by atoms with Gasteiger partial charge >= 0.3 is 11.9 Å². The summed E-state index contributed by atoms with van der Waals surface area (Å²) in [5.74, 6) is 0.140. The molecular weight excluding hydrogens is 548 g/mol. The lowest BCUT2D eigenvalue weighted by atomic mass is 9.68. The van der Waals surface area contributed by atoms with Gasteiger partial charge in [-0.2, -0.15) is 0 Å². The Morgan fingerprint density at radius 3 is 2.33 bits per heavy atom. The number of esters is 1. The summed E-state index contributed by atoms with van der Waals surface area (Å²) in [7, 11) is 0. The molecule has 0 amide bonds. The van der Waals surface area contributed by atoms with E-state index in [-0.39, 0.29) is 42.5 Å². The lowest BCUT2D eigenvalue weighted by Crippen LogP contribution is -2.58. The van der Waals surface area contributed by atoms with Crippen LogP contribution in [0.15, 0.2) is 34.2 Å². The van der Waals surface area contributed by atoms with Gasteiger partial charge in [0.2, 0.25) is 6.61 Å². The maximum absolute atomic E-state index is 14.3. The van der Waals surface area contributed by atoms with Crippen molar-refractivity contribution >= 4 is 28.7 Å². The van der Waals surface area contributed by atoms with Crippen LogP contribution in [0.2, 0.25) is 0 Å². The topological polar surface area (TPSA) is 123 Å². The second kappa shape index (κ2) is 13.2.